The molecule has 0 fully saturated rings. The first kappa shape index (κ1) is 15.9. The summed E-state index contributed by atoms with van der Waals surface area (Å²) in [5.74, 6) is 0. The van der Waals surface area contributed by atoms with Crippen molar-refractivity contribution >= 4 is 0 Å². The SMILES string of the molecule is CCCCN(C(C)CC)C(CC)(CC)CN. The predicted octanol–water partition coefficient (Wildman–Crippen LogP) is 3.40. The van der Waals surface area contributed by atoms with Gasteiger partial charge in [0.05, 0.1) is 0 Å². The molecule has 0 bridgehead atoms. The topological polar surface area (TPSA) is 29.3 Å². The van der Waals surface area contributed by atoms with Gasteiger partial charge in [0.1, 0.15) is 0 Å². The van der Waals surface area contributed by atoms with Crippen LogP contribution in [-0.2, 0) is 0 Å². The van der Waals surface area contributed by atoms with E-state index in [-0.39, 0.29) is 5.54 Å². The molecule has 0 spiro atoms. The van der Waals surface area contributed by atoms with Crippen molar-refractivity contribution in [3.63, 3.8) is 0 Å². The molecule has 2 heteroatoms. The Morgan fingerprint density at radius 3 is 2.00 bits per heavy atom. The Labute approximate surface area is 103 Å². The van der Waals surface area contributed by atoms with Crippen LogP contribution in [0.1, 0.15) is 66.7 Å². The Balaban J connectivity index is 4.80. The van der Waals surface area contributed by atoms with Crippen molar-refractivity contribution in [1.82, 2.24) is 4.90 Å². The van der Waals surface area contributed by atoms with E-state index in [1.54, 1.807) is 0 Å². The van der Waals surface area contributed by atoms with Gasteiger partial charge in [-0.2, -0.15) is 0 Å². The largest absolute Gasteiger partial charge is 0.329 e. The molecule has 0 saturated heterocycles. The maximum Gasteiger partial charge on any atom is 0.0329 e. The second-order valence-electron chi connectivity index (χ2n) is 4.94. The summed E-state index contributed by atoms with van der Waals surface area (Å²) in [7, 11) is 0. The minimum atomic E-state index is 0.227. The Bertz CT molecular complexity index is 156. The van der Waals surface area contributed by atoms with E-state index in [2.05, 4.69) is 39.5 Å². The van der Waals surface area contributed by atoms with Gasteiger partial charge in [0.2, 0.25) is 0 Å². The van der Waals surface area contributed by atoms with Crippen molar-refractivity contribution < 1.29 is 0 Å². The van der Waals surface area contributed by atoms with Gasteiger partial charge in [-0.25, -0.2) is 0 Å². The molecule has 0 saturated carbocycles. The molecule has 0 amide bonds. The minimum Gasteiger partial charge on any atom is -0.329 e. The molecule has 1 unspecified atom stereocenters. The summed E-state index contributed by atoms with van der Waals surface area (Å²) < 4.78 is 0. The molecule has 0 aliphatic carbocycles. The molecule has 0 radical (unpaired) electrons. The number of unbranched alkanes of at least 4 members (excludes halogenated alkanes) is 1. The van der Waals surface area contributed by atoms with Crippen LogP contribution in [-0.4, -0.2) is 29.6 Å². The third kappa shape index (κ3) is 3.74. The Kier molecular flexibility index (Phi) is 8.04. The number of hydrogen-bond acceptors (Lipinski definition) is 2. The molecule has 2 N–H and O–H groups in total. The average molecular weight is 228 g/mol. The van der Waals surface area contributed by atoms with Gasteiger partial charge in [0, 0.05) is 18.1 Å². The van der Waals surface area contributed by atoms with Crippen LogP contribution in [0.5, 0.6) is 0 Å². The van der Waals surface area contributed by atoms with E-state index in [1.165, 1.54) is 25.8 Å². The lowest BCUT2D eigenvalue weighted by Gasteiger charge is -2.46. The van der Waals surface area contributed by atoms with Crippen molar-refractivity contribution in [1.29, 1.82) is 0 Å². The summed E-state index contributed by atoms with van der Waals surface area (Å²) in [5, 5.41) is 0. The fourth-order valence-corrected chi connectivity index (χ4v) is 2.54. The van der Waals surface area contributed by atoms with Gasteiger partial charge in [0.15, 0.2) is 0 Å². The van der Waals surface area contributed by atoms with E-state index in [9.17, 15) is 0 Å². The highest BCUT2D eigenvalue weighted by atomic mass is 15.2. The molecule has 0 aromatic heterocycles. The van der Waals surface area contributed by atoms with E-state index in [4.69, 9.17) is 5.73 Å². The van der Waals surface area contributed by atoms with Crippen molar-refractivity contribution in [2.24, 2.45) is 5.73 Å². The summed E-state index contributed by atoms with van der Waals surface area (Å²) in [5.41, 5.74) is 6.28. The van der Waals surface area contributed by atoms with E-state index >= 15 is 0 Å². The highest BCUT2D eigenvalue weighted by molar-refractivity contribution is 4.91. The first-order valence-electron chi connectivity index (χ1n) is 7.08. The van der Waals surface area contributed by atoms with Crippen molar-refractivity contribution in [3.05, 3.63) is 0 Å². The first-order chi connectivity index (χ1) is 7.61. The Morgan fingerprint density at radius 2 is 1.69 bits per heavy atom. The molecule has 0 aromatic rings. The predicted molar refractivity (Wildman–Crippen MR) is 73.7 cm³/mol. The molecule has 98 valence electrons. The second-order valence-corrected chi connectivity index (χ2v) is 4.94. The quantitative estimate of drug-likeness (QED) is 0.655. The molecule has 0 aliphatic rings. The number of rotatable bonds is 9. The highest BCUT2D eigenvalue weighted by Gasteiger charge is 2.33. The number of nitrogens with zero attached hydrogens (tertiary/aromatic N) is 1. The first-order valence-corrected chi connectivity index (χ1v) is 7.08. The number of hydrogen-bond donors (Lipinski definition) is 1. The summed E-state index contributed by atoms with van der Waals surface area (Å²) in [6, 6.07) is 0.648. The normalized spacial score (nSPS) is 14.4. The molecule has 0 rings (SSSR count). The van der Waals surface area contributed by atoms with Crippen molar-refractivity contribution in [3.8, 4) is 0 Å². The van der Waals surface area contributed by atoms with Gasteiger partial charge >= 0.3 is 0 Å². The average Bonchev–Trinajstić information content (AvgIpc) is 2.34. The van der Waals surface area contributed by atoms with E-state index in [0.717, 1.165) is 19.4 Å². The molecular weight excluding hydrogens is 196 g/mol. The van der Waals surface area contributed by atoms with Gasteiger partial charge < -0.3 is 5.73 Å². The standard InChI is InChI=1S/C14H32N2/c1-6-10-11-16(13(5)7-2)14(8-3,9-4)12-15/h13H,6-12,15H2,1-5H3. The van der Waals surface area contributed by atoms with Gasteiger partial charge in [-0.05, 0) is 39.2 Å². The summed E-state index contributed by atoms with van der Waals surface area (Å²) in [6.07, 6.45) is 6.08. The van der Waals surface area contributed by atoms with Crippen molar-refractivity contribution in [2.75, 3.05) is 13.1 Å². The number of nitrogens with two attached hydrogens (primary N) is 1. The highest BCUT2D eigenvalue weighted by Crippen LogP contribution is 2.26. The fourth-order valence-electron chi connectivity index (χ4n) is 2.54. The van der Waals surface area contributed by atoms with E-state index in [0.29, 0.717) is 6.04 Å². The maximum absolute atomic E-state index is 6.05. The van der Waals surface area contributed by atoms with Crippen LogP contribution in [0.3, 0.4) is 0 Å². The van der Waals surface area contributed by atoms with Gasteiger partial charge in [-0.3, -0.25) is 4.90 Å². The summed E-state index contributed by atoms with van der Waals surface area (Å²) in [6.45, 7) is 13.4. The minimum absolute atomic E-state index is 0.227. The van der Waals surface area contributed by atoms with Crippen LogP contribution in [0, 0.1) is 0 Å². The van der Waals surface area contributed by atoms with Crippen LogP contribution in [0.2, 0.25) is 0 Å². The lowest BCUT2D eigenvalue weighted by Crippen LogP contribution is -2.56. The van der Waals surface area contributed by atoms with Crippen LogP contribution < -0.4 is 5.73 Å². The smallest absolute Gasteiger partial charge is 0.0329 e. The second kappa shape index (κ2) is 8.08. The molecule has 0 heterocycles. The van der Waals surface area contributed by atoms with Gasteiger partial charge in [-0.1, -0.05) is 34.1 Å². The molecule has 1 atom stereocenters. The molecular formula is C14H32N2. The third-order valence-electron chi connectivity index (χ3n) is 4.18. The van der Waals surface area contributed by atoms with Crippen molar-refractivity contribution in [2.45, 2.75) is 78.3 Å². The van der Waals surface area contributed by atoms with Crippen LogP contribution in [0.15, 0.2) is 0 Å². The molecule has 16 heavy (non-hydrogen) atoms. The molecule has 0 aliphatic heterocycles. The maximum atomic E-state index is 6.05. The zero-order valence-electron chi connectivity index (χ0n) is 12.1. The lowest BCUT2D eigenvalue weighted by atomic mass is 9.88. The van der Waals surface area contributed by atoms with Crippen LogP contribution in [0.4, 0.5) is 0 Å². The van der Waals surface area contributed by atoms with E-state index < -0.39 is 0 Å². The van der Waals surface area contributed by atoms with Crippen LogP contribution in [0.25, 0.3) is 0 Å². The van der Waals surface area contributed by atoms with E-state index in [1.807, 2.05) is 0 Å². The van der Waals surface area contributed by atoms with Crippen LogP contribution >= 0.6 is 0 Å². The summed E-state index contributed by atoms with van der Waals surface area (Å²) >= 11 is 0. The Hall–Kier alpha value is -0.0800. The zero-order valence-corrected chi connectivity index (χ0v) is 12.1. The Morgan fingerprint density at radius 1 is 1.12 bits per heavy atom. The lowest BCUT2D eigenvalue weighted by molar-refractivity contribution is 0.0438. The molecule has 0 aromatic carbocycles. The molecule has 2 nitrogen and oxygen atoms in total. The monoisotopic (exact) mass is 228 g/mol. The fraction of sp³-hybridized carbons (Fsp3) is 1.00. The summed E-state index contributed by atoms with van der Waals surface area (Å²) in [4.78, 5) is 2.66. The van der Waals surface area contributed by atoms with Gasteiger partial charge in [-0.15, -0.1) is 0 Å². The third-order valence-corrected chi connectivity index (χ3v) is 4.18. The zero-order chi connectivity index (χ0) is 12.6. The van der Waals surface area contributed by atoms with Gasteiger partial charge in [0.25, 0.3) is 0 Å².